The highest BCUT2D eigenvalue weighted by molar-refractivity contribution is 5.95. The molecule has 0 unspecified atom stereocenters. The Morgan fingerprint density at radius 1 is 0.972 bits per heavy atom. The molecule has 3 aromatic carbocycles. The minimum atomic E-state index is -0.546. The molecule has 7 heteroatoms. The lowest BCUT2D eigenvalue weighted by Gasteiger charge is -2.13. The molecule has 0 atom stereocenters. The fraction of sp³-hybridized carbons (Fsp3) is 0.241. The molecular formula is C29H26O7. The number of fused-ring (bicyclic) bond motifs is 2. The average Bonchev–Trinajstić information content (AvgIpc) is 3.14. The summed E-state index contributed by atoms with van der Waals surface area (Å²) >= 11 is 0. The molecule has 0 spiro atoms. The van der Waals surface area contributed by atoms with Crippen molar-refractivity contribution in [3.8, 4) is 34.1 Å². The zero-order chi connectivity index (χ0) is 25.1. The molecule has 0 radical (unpaired) electrons. The number of ether oxygens (including phenoxy) is 4. The summed E-state index contributed by atoms with van der Waals surface area (Å²) < 4.78 is 28.4. The molecule has 1 aliphatic rings. The van der Waals surface area contributed by atoms with E-state index in [4.69, 9.17) is 23.4 Å². The molecule has 0 amide bonds. The van der Waals surface area contributed by atoms with Gasteiger partial charge in [0.15, 0.2) is 11.5 Å². The third kappa shape index (κ3) is 4.52. The van der Waals surface area contributed by atoms with Crippen LogP contribution in [-0.2, 0) is 6.42 Å². The summed E-state index contributed by atoms with van der Waals surface area (Å²) in [7, 11) is 1.50. The molecule has 2 heterocycles. The maximum absolute atomic E-state index is 13.5. The Morgan fingerprint density at radius 3 is 2.58 bits per heavy atom. The number of aryl methyl sites for hydroxylation is 1. The molecule has 0 aliphatic carbocycles. The molecule has 1 aromatic heterocycles. The highest BCUT2D eigenvalue weighted by atomic mass is 16.5. The second-order valence-electron chi connectivity index (χ2n) is 8.49. The Balaban J connectivity index is 1.54. The van der Waals surface area contributed by atoms with Gasteiger partial charge in [-0.05, 0) is 47.9 Å². The lowest BCUT2D eigenvalue weighted by Crippen LogP contribution is -2.12. The van der Waals surface area contributed by atoms with E-state index >= 15 is 0 Å². The van der Waals surface area contributed by atoms with Crippen molar-refractivity contribution in [1.82, 2.24) is 0 Å². The summed E-state index contributed by atoms with van der Waals surface area (Å²) in [5, 5.41) is 0.417. The topological polar surface area (TPSA) is 84.2 Å². The molecule has 36 heavy (non-hydrogen) atoms. The Kier molecular flexibility index (Phi) is 6.62. The van der Waals surface area contributed by atoms with Gasteiger partial charge in [0.1, 0.15) is 28.9 Å². The van der Waals surface area contributed by atoms with E-state index in [1.165, 1.54) is 13.4 Å². The van der Waals surface area contributed by atoms with Crippen molar-refractivity contribution >= 4 is 16.9 Å². The van der Waals surface area contributed by atoms with Crippen molar-refractivity contribution in [3.05, 3.63) is 82.2 Å². The van der Waals surface area contributed by atoms with Gasteiger partial charge < -0.3 is 23.4 Å². The highest BCUT2D eigenvalue weighted by Crippen LogP contribution is 2.35. The Labute approximate surface area is 208 Å². The summed E-state index contributed by atoms with van der Waals surface area (Å²) in [6, 6.07) is 15.7. The van der Waals surface area contributed by atoms with Crippen LogP contribution >= 0.6 is 0 Å². The van der Waals surface area contributed by atoms with Crippen LogP contribution < -0.4 is 24.4 Å². The van der Waals surface area contributed by atoms with Crippen molar-refractivity contribution in [2.75, 3.05) is 20.3 Å². The molecule has 5 rings (SSSR count). The first kappa shape index (κ1) is 23.5. The van der Waals surface area contributed by atoms with Crippen molar-refractivity contribution in [3.63, 3.8) is 0 Å². The van der Waals surface area contributed by atoms with E-state index in [2.05, 4.69) is 0 Å². The molecule has 0 saturated carbocycles. The van der Waals surface area contributed by atoms with Crippen molar-refractivity contribution in [2.24, 2.45) is 0 Å². The Hall–Kier alpha value is -4.26. The molecule has 184 valence electrons. The molecule has 0 bridgehead atoms. The van der Waals surface area contributed by atoms with E-state index < -0.39 is 5.97 Å². The number of hydrogen-bond acceptors (Lipinski definition) is 7. The highest BCUT2D eigenvalue weighted by Gasteiger charge is 2.19. The number of hydrogen-bond donors (Lipinski definition) is 0. The summed E-state index contributed by atoms with van der Waals surface area (Å²) in [5.74, 6) is 1.50. The summed E-state index contributed by atoms with van der Waals surface area (Å²) in [4.78, 5) is 26.4. The minimum Gasteiger partial charge on any atom is -0.496 e. The van der Waals surface area contributed by atoms with Gasteiger partial charge in [-0.25, -0.2) is 4.79 Å². The molecular weight excluding hydrogens is 460 g/mol. The van der Waals surface area contributed by atoms with Crippen LogP contribution in [0.25, 0.3) is 22.1 Å². The van der Waals surface area contributed by atoms with Gasteiger partial charge in [-0.1, -0.05) is 31.5 Å². The van der Waals surface area contributed by atoms with E-state index in [1.54, 1.807) is 42.5 Å². The van der Waals surface area contributed by atoms with Gasteiger partial charge in [0.2, 0.25) is 5.43 Å². The minimum absolute atomic E-state index is 0.175. The fourth-order valence-electron chi connectivity index (χ4n) is 4.26. The van der Waals surface area contributed by atoms with E-state index in [0.29, 0.717) is 70.3 Å². The van der Waals surface area contributed by atoms with Gasteiger partial charge >= 0.3 is 5.97 Å². The number of rotatable bonds is 6. The lowest BCUT2D eigenvalue weighted by molar-refractivity contribution is 0.0729. The van der Waals surface area contributed by atoms with Gasteiger partial charge in [0.05, 0.1) is 31.3 Å². The molecule has 1 aliphatic heterocycles. The molecule has 0 fully saturated rings. The van der Waals surface area contributed by atoms with Crippen molar-refractivity contribution in [2.45, 2.75) is 26.2 Å². The smallest absolute Gasteiger partial charge is 0.347 e. The SMILES string of the molecule is CCCc1cc2c(=O)c(-c3ccc4c(c3)OCCCO4)coc2cc1OC(=O)c1ccccc1OC. The predicted octanol–water partition coefficient (Wildman–Crippen LogP) is 5.80. The first-order chi connectivity index (χ1) is 17.6. The maximum atomic E-state index is 13.5. The van der Waals surface area contributed by atoms with E-state index in [0.717, 1.165) is 18.4 Å². The van der Waals surface area contributed by atoms with Crippen molar-refractivity contribution in [1.29, 1.82) is 0 Å². The fourth-order valence-corrected chi connectivity index (χ4v) is 4.26. The van der Waals surface area contributed by atoms with Crippen LogP contribution in [0, 0.1) is 0 Å². The second kappa shape index (κ2) is 10.2. The standard InChI is InChI=1S/C29H26O7/c1-3-7-19-14-21-26(16-25(19)36-29(31)20-8-4-5-9-23(20)32-2)35-17-22(28(21)30)18-10-11-24-27(15-18)34-13-6-12-33-24/h4-5,8-11,14-17H,3,6-7,12-13H2,1-2H3. The van der Waals surface area contributed by atoms with E-state index in [9.17, 15) is 9.59 Å². The van der Waals surface area contributed by atoms with E-state index in [-0.39, 0.29) is 5.43 Å². The normalized spacial score (nSPS) is 12.7. The molecule has 4 aromatic rings. The van der Waals surface area contributed by atoms with Crippen LogP contribution in [0.5, 0.6) is 23.0 Å². The molecule has 0 N–H and O–H groups in total. The number of carbonyl (C=O) groups is 1. The number of para-hydroxylation sites is 1. The second-order valence-corrected chi connectivity index (χ2v) is 8.49. The molecule has 0 saturated heterocycles. The van der Waals surface area contributed by atoms with Gasteiger partial charge in [-0.2, -0.15) is 0 Å². The average molecular weight is 487 g/mol. The van der Waals surface area contributed by atoms with E-state index in [1.807, 2.05) is 19.1 Å². The van der Waals surface area contributed by atoms with Gasteiger partial charge in [-0.3, -0.25) is 4.79 Å². The zero-order valence-electron chi connectivity index (χ0n) is 20.2. The Bertz CT molecular complexity index is 1490. The first-order valence-corrected chi connectivity index (χ1v) is 11.9. The van der Waals surface area contributed by atoms with Gasteiger partial charge in [-0.15, -0.1) is 0 Å². The lowest BCUT2D eigenvalue weighted by atomic mass is 10.0. The van der Waals surface area contributed by atoms with Crippen LogP contribution in [0.1, 0.15) is 35.7 Å². The summed E-state index contributed by atoms with van der Waals surface area (Å²) in [6.45, 7) is 3.17. The first-order valence-electron chi connectivity index (χ1n) is 11.9. The predicted molar refractivity (Wildman–Crippen MR) is 135 cm³/mol. The number of esters is 1. The van der Waals surface area contributed by atoms with Gasteiger partial charge in [0.25, 0.3) is 0 Å². The van der Waals surface area contributed by atoms with Crippen LogP contribution in [0.4, 0.5) is 0 Å². The third-order valence-electron chi connectivity index (χ3n) is 6.06. The van der Waals surface area contributed by atoms with Crippen LogP contribution in [-0.4, -0.2) is 26.3 Å². The number of methoxy groups -OCH3 is 1. The number of benzene rings is 3. The monoisotopic (exact) mass is 486 g/mol. The third-order valence-corrected chi connectivity index (χ3v) is 6.06. The van der Waals surface area contributed by atoms with Gasteiger partial charge in [0, 0.05) is 12.5 Å². The summed E-state index contributed by atoms with van der Waals surface area (Å²) in [5.41, 5.74) is 2.31. The quantitative estimate of drug-likeness (QED) is 0.251. The molecule has 7 nitrogen and oxygen atoms in total. The van der Waals surface area contributed by atoms with Crippen LogP contribution in [0.2, 0.25) is 0 Å². The summed E-state index contributed by atoms with van der Waals surface area (Å²) in [6.07, 6.45) is 3.65. The van der Waals surface area contributed by atoms with Crippen molar-refractivity contribution < 1.29 is 28.2 Å². The van der Waals surface area contributed by atoms with Crippen LogP contribution in [0.15, 0.2) is 70.1 Å². The largest absolute Gasteiger partial charge is 0.496 e. The zero-order valence-corrected chi connectivity index (χ0v) is 20.2. The number of carbonyl (C=O) groups excluding carboxylic acids is 1. The van der Waals surface area contributed by atoms with Crippen LogP contribution in [0.3, 0.4) is 0 Å². The maximum Gasteiger partial charge on any atom is 0.347 e. The Morgan fingerprint density at radius 2 is 1.78 bits per heavy atom.